The van der Waals surface area contributed by atoms with Crippen LogP contribution in [0.2, 0.25) is 0 Å². The first kappa shape index (κ1) is 19.2. The van der Waals surface area contributed by atoms with Crippen molar-refractivity contribution in [3.8, 4) is 0 Å². The predicted octanol–water partition coefficient (Wildman–Crippen LogP) is 7.69. The molecule has 0 saturated carbocycles. The highest BCUT2D eigenvalue weighted by molar-refractivity contribution is 5.77. The van der Waals surface area contributed by atoms with E-state index in [-0.39, 0.29) is 5.41 Å². The Bertz CT molecular complexity index is 891. The zero-order valence-electron chi connectivity index (χ0n) is 17.7. The smallest absolute Gasteiger partial charge is 0.0464 e. The summed E-state index contributed by atoms with van der Waals surface area (Å²) in [5.41, 5.74) is 10.4. The SMILES string of the molecule is Cc1ccc(N(c2ccc(C(C)(C)C)cc2)c2ccc(C)c(C)c2)cc1C. The molecule has 0 heterocycles. The first-order valence-electron chi connectivity index (χ1n) is 9.72. The maximum absolute atomic E-state index is 2.35. The molecule has 0 aliphatic heterocycles. The molecule has 0 unspecified atom stereocenters. The molecule has 1 nitrogen and oxygen atoms in total. The number of nitrogens with zero attached hydrogens (tertiary/aromatic N) is 1. The molecule has 0 fully saturated rings. The lowest BCUT2D eigenvalue weighted by Gasteiger charge is -2.28. The normalized spacial score (nSPS) is 11.5. The molecule has 3 aromatic carbocycles. The summed E-state index contributed by atoms with van der Waals surface area (Å²) in [5, 5.41) is 0. The van der Waals surface area contributed by atoms with Crippen molar-refractivity contribution in [1.29, 1.82) is 0 Å². The standard InChI is InChI=1S/C26H31N/c1-18-8-12-24(16-20(18)3)27(25-13-9-19(2)21(4)17-25)23-14-10-22(11-15-23)26(5,6)7/h8-17H,1-7H3. The van der Waals surface area contributed by atoms with Crippen molar-refractivity contribution in [2.24, 2.45) is 0 Å². The molecule has 3 rings (SSSR count). The number of anilines is 3. The quantitative estimate of drug-likeness (QED) is 0.464. The van der Waals surface area contributed by atoms with Crippen LogP contribution < -0.4 is 4.90 Å². The fourth-order valence-corrected chi connectivity index (χ4v) is 3.29. The molecule has 0 atom stereocenters. The van der Waals surface area contributed by atoms with Gasteiger partial charge < -0.3 is 4.90 Å². The number of hydrogen-bond acceptors (Lipinski definition) is 1. The van der Waals surface area contributed by atoms with Gasteiger partial charge in [-0.3, -0.25) is 0 Å². The lowest BCUT2D eigenvalue weighted by molar-refractivity contribution is 0.590. The Morgan fingerprint density at radius 1 is 0.519 bits per heavy atom. The van der Waals surface area contributed by atoms with E-state index in [9.17, 15) is 0 Å². The molecule has 0 bridgehead atoms. The van der Waals surface area contributed by atoms with E-state index in [2.05, 4.69) is 114 Å². The Kier molecular flexibility index (Phi) is 5.15. The molecular weight excluding hydrogens is 326 g/mol. The molecule has 0 radical (unpaired) electrons. The molecule has 1 heteroatoms. The lowest BCUT2D eigenvalue weighted by Crippen LogP contribution is -2.13. The molecule has 0 aliphatic carbocycles. The van der Waals surface area contributed by atoms with Crippen LogP contribution in [-0.4, -0.2) is 0 Å². The van der Waals surface area contributed by atoms with Crippen LogP contribution in [0.25, 0.3) is 0 Å². The van der Waals surface area contributed by atoms with Crippen molar-refractivity contribution in [2.75, 3.05) is 4.90 Å². The second-order valence-electron chi connectivity index (χ2n) is 8.67. The molecule has 0 spiro atoms. The van der Waals surface area contributed by atoms with Gasteiger partial charge in [0.1, 0.15) is 0 Å². The molecule has 0 aliphatic rings. The maximum Gasteiger partial charge on any atom is 0.0464 e. The van der Waals surface area contributed by atoms with Gasteiger partial charge in [-0.05, 0) is 97.3 Å². The van der Waals surface area contributed by atoms with E-state index in [4.69, 9.17) is 0 Å². The van der Waals surface area contributed by atoms with E-state index in [1.54, 1.807) is 0 Å². The summed E-state index contributed by atoms with van der Waals surface area (Å²) in [6.07, 6.45) is 0. The van der Waals surface area contributed by atoms with E-state index in [0.29, 0.717) is 0 Å². The van der Waals surface area contributed by atoms with Crippen LogP contribution in [-0.2, 0) is 5.41 Å². The minimum Gasteiger partial charge on any atom is -0.310 e. The monoisotopic (exact) mass is 357 g/mol. The van der Waals surface area contributed by atoms with Crippen LogP contribution in [0.3, 0.4) is 0 Å². The summed E-state index contributed by atoms with van der Waals surface area (Å²) in [4.78, 5) is 2.35. The van der Waals surface area contributed by atoms with Gasteiger partial charge in [0.05, 0.1) is 0 Å². The molecule has 140 valence electrons. The number of benzene rings is 3. The van der Waals surface area contributed by atoms with Crippen molar-refractivity contribution in [1.82, 2.24) is 0 Å². The Balaban J connectivity index is 2.14. The van der Waals surface area contributed by atoms with Gasteiger partial charge >= 0.3 is 0 Å². The summed E-state index contributed by atoms with van der Waals surface area (Å²) in [7, 11) is 0. The van der Waals surface area contributed by atoms with Crippen molar-refractivity contribution in [2.45, 2.75) is 53.9 Å². The van der Waals surface area contributed by atoms with Gasteiger partial charge in [-0.1, -0.05) is 45.0 Å². The molecule has 27 heavy (non-hydrogen) atoms. The van der Waals surface area contributed by atoms with Gasteiger partial charge in [-0.25, -0.2) is 0 Å². The highest BCUT2D eigenvalue weighted by Crippen LogP contribution is 2.37. The van der Waals surface area contributed by atoms with Gasteiger partial charge in [0.15, 0.2) is 0 Å². The fourth-order valence-electron chi connectivity index (χ4n) is 3.29. The Hall–Kier alpha value is -2.54. The molecule has 0 saturated heterocycles. The molecule has 0 amide bonds. The molecule has 0 aromatic heterocycles. The van der Waals surface area contributed by atoms with Gasteiger partial charge in [0.2, 0.25) is 0 Å². The predicted molar refractivity (Wildman–Crippen MR) is 119 cm³/mol. The number of hydrogen-bond donors (Lipinski definition) is 0. The van der Waals surface area contributed by atoms with Crippen LogP contribution >= 0.6 is 0 Å². The van der Waals surface area contributed by atoms with E-state index >= 15 is 0 Å². The Labute approximate surface area is 164 Å². The summed E-state index contributed by atoms with van der Waals surface area (Å²) in [5.74, 6) is 0. The second-order valence-corrected chi connectivity index (χ2v) is 8.67. The molecule has 3 aromatic rings. The molecule has 0 N–H and O–H groups in total. The maximum atomic E-state index is 2.35. The van der Waals surface area contributed by atoms with E-state index in [1.165, 1.54) is 44.9 Å². The largest absolute Gasteiger partial charge is 0.310 e. The third-order valence-corrected chi connectivity index (χ3v) is 5.49. The third-order valence-electron chi connectivity index (χ3n) is 5.49. The Morgan fingerprint density at radius 2 is 0.926 bits per heavy atom. The minimum atomic E-state index is 0.157. The van der Waals surface area contributed by atoms with Crippen LogP contribution in [0.15, 0.2) is 60.7 Å². The van der Waals surface area contributed by atoms with Crippen LogP contribution in [0.4, 0.5) is 17.1 Å². The van der Waals surface area contributed by atoms with E-state index < -0.39 is 0 Å². The highest BCUT2D eigenvalue weighted by Gasteiger charge is 2.17. The average Bonchev–Trinajstić information content (AvgIpc) is 2.61. The van der Waals surface area contributed by atoms with E-state index in [0.717, 1.165) is 0 Å². The zero-order valence-corrected chi connectivity index (χ0v) is 17.7. The fraction of sp³-hybridized carbons (Fsp3) is 0.308. The lowest BCUT2D eigenvalue weighted by atomic mass is 9.87. The van der Waals surface area contributed by atoms with Crippen molar-refractivity contribution >= 4 is 17.1 Å². The Morgan fingerprint density at radius 3 is 1.30 bits per heavy atom. The second kappa shape index (κ2) is 7.23. The van der Waals surface area contributed by atoms with Crippen LogP contribution in [0.1, 0.15) is 48.6 Å². The first-order valence-corrected chi connectivity index (χ1v) is 9.72. The summed E-state index contributed by atoms with van der Waals surface area (Å²) < 4.78 is 0. The topological polar surface area (TPSA) is 3.24 Å². The first-order chi connectivity index (χ1) is 12.7. The molecular formula is C26H31N. The third kappa shape index (κ3) is 4.08. The zero-order chi connectivity index (χ0) is 19.8. The summed E-state index contributed by atoms with van der Waals surface area (Å²) in [6, 6.07) is 22.4. The van der Waals surface area contributed by atoms with Gasteiger partial charge in [-0.2, -0.15) is 0 Å². The van der Waals surface area contributed by atoms with Crippen LogP contribution in [0, 0.1) is 27.7 Å². The number of aryl methyl sites for hydroxylation is 4. The van der Waals surface area contributed by atoms with Crippen molar-refractivity contribution in [3.05, 3.63) is 88.5 Å². The average molecular weight is 358 g/mol. The summed E-state index contributed by atoms with van der Waals surface area (Å²) in [6.45, 7) is 15.5. The van der Waals surface area contributed by atoms with E-state index in [1.807, 2.05) is 0 Å². The van der Waals surface area contributed by atoms with Crippen molar-refractivity contribution < 1.29 is 0 Å². The van der Waals surface area contributed by atoms with Gasteiger partial charge in [0, 0.05) is 17.1 Å². The van der Waals surface area contributed by atoms with Crippen molar-refractivity contribution in [3.63, 3.8) is 0 Å². The minimum absolute atomic E-state index is 0.157. The van der Waals surface area contributed by atoms with Gasteiger partial charge in [0.25, 0.3) is 0 Å². The number of rotatable bonds is 3. The van der Waals surface area contributed by atoms with Crippen LogP contribution in [0.5, 0.6) is 0 Å². The van der Waals surface area contributed by atoms with Gasteiger partial charge in [-0.15, -0.1) is 0 Å². The highest BCUT2D eigenvalue weighted by atomic mass is 15.1. The summed E-state index contributed by atoms with van der Waals surface area (Å²) >= 11 is 0.